The van der Waals surface area contributed by atoms with E-state index < -0.39 is 0 Å². The van der Waals surface area contributed by atoms with E-state index in [1.165, 1.54) is 18.4 Å². The van der Waals surface area contributed by atoms with Gasteiger partial charge in [-0.25, -0.2) is 0 Å². The van der Waals surface area contributed by atoms with Gasteiger partial charge in [0.25, 0.3) is 0 Å². The fourth-order valence-corrected chi connectivity index (χ4v) is 3.31. The fraction of sp³-hybridized carbons (Fsp3) is 0.611. The molecule has 1 aliphatic carbocycles. The molecule has 3 rings (SSSR count). The molecule has 0 N–H and O–H groups in total. The average molecular weight is 286 g/mol. The molecule has 1 heterocycles. The van der Waals surface area contributed by atoms with Gasteiger partial charge in [-0.15, -0.1) is 0 Å². The largest absolute Gasteiger partial charge is 0.340 e. The lowest BCUT2D eigenvalue weighted by atomic mass is 10.1. The molecular formula is C18H26N2O. The molecule has 3 heteroatoms. The summed E-state index contributed by atoms with van der Waals surface area (Å²) in [7, 11) is 0. The number of hydrogen-bond acceptors (Lipinski definition) is 2. The minimum atomic E-state index is 0.317. The van der Waals surface area contributed by atoms with Crippen molar-refractivity contribution in [2.45, 2.75) is 38.6 Å². The molecule has 1 aliphatic heterocycles. The van der Waals surface area contributed by atoms with Crippen LogP contribution in [0.25, 0.3) is 0 Å². The Kier molecular flexibility index (Phi) is 4.59. The normalized spacial score (nSPS) is 21.3. The number of rotatable bonds is 5. The Balaban J connectivity index is 1.42. The lowest BCUT2D eigenvalue weighted by molar-refractivity contribution is -0.133. The third kappa shape index (κ3) is 3.85. The van der Waals surface area contributed by atoms with E-state index in [9.17, 15) is 4.79 Å². The molecule has 1 saturated carbocycles. The topological polar surface area (TPSA) is 23.6 Å². The van der Waals surface area contributed by atoms with Gasteiger partial charge in [-0.3, -0.25) is 9.69 Å². The van der Waals surface area contributed by atoms with Gasteiger partial charge in [0.2, 0.25) is 5.91 Å². The molecule has 114 valence electrons. The fourth-order valence-electron chi connectivity index (χ4n) is 3.31. The van der Waals surface area contributed by atoms with Crippen molar-refractivity contribution in [3.8, 4) is 0 Å². The maximum absolute atomic E-state index is 12.3. The molecule has 0 radical (unpaired) electrons. The van der Waals surface area contributed by atoms with Crippen molar-refractivity contribution in [3.63, 3.8) is 0 Å². The van der Waals surface area contributed by atoms with Gasteiger partial charge in [0.15, 0.2) is 0 Å². The molecule has 0 bridgehead atoms. The summed E-state index contributed by atoms with van der Waals surface area (Å²) >= 11 is 0. The van der Waals surface area contributed by atoms with Crippen molar-refractivity contribution in [1.29, 1.82) is 0 Å². The SMILES string of the molecule is CC(C1CC1)N1CCN(C(=O)CCc2ccccc2)CC1. The van der Waals surface area contributed by atoms with Crippen molar-refractivity contribution in [2.24, 2.45) is 5.92 Å². The Hall–Kier alpha value is -1.35. The van der Waals surface area contributed by atoms with Crippen molar-refractivity contribution in [2.75, 3.05) is 26.2 Å². The van der Waals surface area contributed by atoms with Gasteiger partial charge in [-0.2, -0.15) is 0 Å². The summed E-state index contributed by atoms with van der Waals surface area (Å²) in [5.41, 5.74) is 1.26. The van der Waals surface area contributed by atoms with E-state index >= 15 is 0 Å². The van der Waals surface area contributed by atoms with E-state index in [2.05, 4.69) is 28.9 Å². The first-order chi connectivity index (χ1) is 10.2. The molecule has 1 aromatic rings. The number of benzene rings is 1. The van der Waals surface area contributed by atoms with Crippen LogP contribution in [-0.4, -0.2) is 47.9 Å². The van der Waals surface area contributed by atoms with Crippen LogP contribution in [0.15, 0.2) is 30.3 Å². The Labute approximate surface area is 127 Å². The lowest BCUT2D eigenvalue weighted by Crippen LogP contribution is -2.51. The van der Waals surface area contributed by atoms with E-state index in [0.717, 1.165) is 38.5 Å². The Bertz CT molecular complexity index is 461. The van der Waals surface area contributed by atoms with Crippen LogP contribution in [-0.2, 0) is 11.2 Å². The summed E-state index contributed by atoms with van der Waals surface area (Å²) < 4.78 is 0. The van der Waals surface area contributed by atoms with Gasteiger partial charge in [-0.05, 0) is 37.7 Å². The highest BCUT2D eigenvalue weighted by atomic mass is 16.2. The van der Waals surface area contributed by atoms with Gasteiger partial charge in [0.1, 0.15) is 0 Å². The Morgan fingerprint density at radius 1 is 1.14 bits per heavy atom. The summed E-state index contributed by atoms with van der Waals surface area (Å²) in [6, 6.07) is 11.0. The molecular weight excluding hydrogens is 260 g/mol. The molecule has 2 aliphatic rings. The highest BCUT2D eigenvalue weighted by molar-refractivity contribution is 5.76. The van der Waals surface area contributed by atoms with Crippen LogP contribution < -0.4 is 0 Å². The van der Waals surface area contributed by atoms with E-state index in [1.54, 1.807) is 0 Å². The number of aryl methyl sites for hydroxylation is 1. The standard InChI is InChI=1S/C18H26N2O/c1-15(17-8-9-17)19-11-13-20(14-12-19)18(21)10-7-16-5-3-2-4-6-16/h2-6,15,17H,7-14H2,1H3. The van der Waals surface area contributed by atoms with Crippen molar-refractivity contribution in [3.05, 3.63) is 35.9 Å². The summed E-state index contributed by atoms with van der Waals surface area (Å²) in [5, 5.41) is 0. The third-order valence-electron chi connectivity index (χ3n) is 5.02. The number of hydrogen-bond donors (Lipinski definition) is 0. The summed E-state index contributed by atoms with van der Waals surface area (Å²) in [6.45, 7) is 6.27. The first-order valence-electron chi connectivity index (χ1n) is 8.30. The molecule has 2 fully saturated rings. The molecule has 1 unspecified atom stereocenters. The molecule has 0 spiro atoms. The number of piperazine rings is 1. The van der Waals surface area contributed by atoms with Crippen molar-refractivity contribution >= 4 is 5.91 Å². The zero-order valence-corrected chi connectivity index (χ0v) is 13.0. The molecule has 1 aromatic carbocycles. The molecule has 0 aromatic heterocycles. The number of carbonyl (C=O) groups excluding carboxylic acids is 1. The monoisotopic (exact) mass is 286 g/mol. The van der Waals surface area contributed by atoms with Gasteiger partial charge in [0, 0.05) is 38.6 Å². The molecule has 1 amide bonds. The number of carbonyl (C=O) groups is 1. The Morgan fingerprint density at radius 2 is 1.81 bits per heavy atom. The smallest absolute Gasteiger partial charge is 0.222 e. The number of nitrogens with zero attached hydrogens (tertiary/aromatic N) is 2. The quantitative estimate of drug-likeness (QED) is 0.830. The highest BCUT2D eigenvalue weighted by Crippen LogP contribution is 2.35. The predicted octanol–water partition coefficient (Wildman–Crippen LogP) is 2.56. The first kappa shape index (κ1) is 14.6. The Morgan fingerprint density at radius 3 is 2.43 bits per heavy atom. The van der Waals surface area contributed by atoms with Crippen LogP contribution in [0.3, 0.4) is 0 Å². The molecule has 1 saturated heterocycles. The highest BCUT2D eigenvalue weighted by Gasteiger charge is 2.33. The molecule has 3 nitrogen and oxygen atoms in total. The van der Waals surface area contributed by atoms with E-state index in [0.29, 0.717) is 18.4 Å². The van der Waals surface area contributed by atoms with Crippen molar-refractivity contribution in [1.82, 2.24) is 9.80 Å². The van der Waals surface area contributed by atoms with Gasteiger partial charge in [-0.1, -0.05) is 30.3 Å². The zero-order valence-electron chi connectivity index (χ0n) is 13.0. The second-order valence-electron chi connectivity index (χ2n) is 6.48. The van der Waals surface area contributed by atoms with E-state index in [-0.39, 0.29) is 0 Å². The summed E-state index contributed by atoms with van der Waals surface area (Å²) in [6.07, 6.45) is 4.30. The van der Waals surface area contributed by atoms with Crippen LogP contribution in [0.4, 0.5) is 0 Å². The minimum absolute atomic E-state index is 0.317. The second kappa shape index (κ2) is 6.61. The van der Waals surface area contributed by atoms with Crippen LogP contribution in [0.5, 0.6) is 0 Å². The van der Waals surface area contributed by atoms with Crippen LogP contribution in [0.2, 0.25) is 0 Å². The minimum Gasteiger partial charge on any atom is -0.340 e. The van der Waals surface area contributed by atoms with Crippen LogP contribution in [0, 0.1) is 5.92 Å². The first-order valence-corrected chi connectivity index (χ1v) is 8.30. The van der Waals surface area contributed by atoms with Crippen LogP contribution >= 0.6 is 0 Å². The zero-order chi connectivity index (χ0) is 14.7. The third-order valence-corrected chi connectivity index (χ3v) is 5.02. The average Bonchev–Trinajstić information content (AvgIpc) is 3.38. The van der Waals surface area contributed by atoms with Gasteiger partial charge in [0.05, 0.1) is 0 Å². The van der Waals surface area contributed by atoms with E-state index in [4.69, 9.17) is 0 Å². The van der Waals surface area contributed by atoms with Gasteiger partial charge >= 0.3 is 0 Å². The predicted molar refractivity (Wildman–Crippen MR) is 85.1 cm³/mol. The molecule has 21 heavy (non-hydrogen) atoms. The summed E-state index contributed by atoms with van der Waals surface area (Å²) in [5.74, 6) is 1.24. The van der Waals surface area contributed by atoms with E-state index in [1.807, 2.05) is 18.2 Å². The lowest BCUT2D eigenvalue weighted by Gasteiger charge is -2.38. The van der Waals surface area contributed by atoms with Crippen molar-refractivity contribution < 1.29 is 4.79 Å². The van der Waals surface area contributed by atoms with Gasteiger partial charge < -0.3 is 4.90 Å². The number of amides is 1. The second-order valence-corrected chi connectivity index (χ2v) is 6.48. The maximum atomic E-state index is 12.3. The molecule has 1 atom stereocenters. The maximum Gasteiger partial charge on any atom is 0.222 e. The summed E-state index contributed by atoms with van der Waals surface area (Å²) in [4.78, 5) is 16.9. The van der Waals surface area contributed by atoms with Crippen LogP contribution in [0.1, 0.15) is 31.7 Å².